The minimum Gasteiger partial charge on any atom is -0.494 e. The molecule has 0 fully saturated rings. The van der Waals surface area contributed by atoms with E-state index in [-0.39, 0.29) is 6.04 Å². The van der Waals surface area contributed by atoms with Crippen LogP contribution in [0.1, 0.15) is 36.6 Å². The van der Waals surface area contributed by atoms with Crippen molar-refractivity contribution in [3.05, 3.63) is 65.2 Å². The molecular weight excluding hydrogens is 316 g/mol. The average Bonchev–Trinajstić information content (AvgIpc) is 2.62. The number of benzene rings is 2. The van der Waals surface area contributed by atoms with Crippen molar-refractivity contribution in [2.45, 2.75) is 33.4 Å². The van der Waals surface area contributed by atoms with Crippen LogP contribution in [0.15, 0.2) is 48.5 Å². The molecule has 0 aliphatic carbocycles. The van der Waals surface area contributed by atoms with E-state index in [2.05, 4.69) is 10.6 Å². The molecule has 2 aromatic rings. The Labute approximate surface area is 148 Å². The van der Waals surface area contributed by atoms with Crippen LogP contribution in [0.5, 0.6) is 5.75 Å². The van der Waals surface area contributed by atoms with E-state index in [1.807, 2.05) is 69.3 Å². The first-order valence-electron chi connectivity index (χ1n) is 8.37. The number of aryl methyl sites for hydroxylation is 1. The van der Waals surface area contributed by atoms with E-state index in [4.69, 9.17) is 4.74 Å². The monoisotopic (exact) mass is 340 g/mol. The molecule has 2 rings (SSSR count). The topological polar surface area (TPSA) is 67.4 Å². The van der Waals surface area contributed by atoms with Gasteiger partial charge in [0.2, 0.25) is 0 Å². The lowest BCUT2D eigenvalue weighted by Gasteiger charge is -2.18. The Bertz CT molecular complexity index is 729. The molecule has 0 spiro atoms. The van der Waals surface area contributed by atoms with Gasteiger partial charge in [-0.3, -0.25) is 9.59 Å². The van der Waals surface area contributed by atoms with Crippen molar-refractivity contribution in [3.8, 4) is 5.75 Å². The van der Waals surface area contributed by atoms with E-state index in [1.165, 1.54) is 0 Å². The largest absolute Gasteiger partial charge is 0.494 e. The van der Waals surface area contributed by atoms with Gasteiger partial charge in [-0.15, -0.1) is 0 Å². The Morgan fingerprint density at radius 3 is 2.48 bits per heavy atom. The lowest BCUT2D eigenvalue weighted by atomic mass is 10.0. The molecule has 5 heteroatoms. The van der Waals surface area contributed by atoms with Gasteiger partial charge < -0.3 is 15.4 Å². The maximum Gasteiger partial charge on any atom is 0.309 e. The second-order valence-electron chi connectivity index (χ2n) is 5.84. The first-order valence-corrected chi connectivity index (χ1v) is 8.37. The molecule has 2 aromatic carbocycles. The van der Waals surface area contributed by atoms with Crippen LogP contribution < -0.4 is 15.4 Å². The van der Waals surface area contributed by atoms with E-state index in [9.17, 15) is 9.59 Å². The molecular formula is C20H24N2O3. The molecule has 25 heavy (non-hydrogen) atoms. The molecule has 2 amide bonds. The number of ether oxygens (including phenoxy) is 1. The fourth-order valence-electron chi connectivity index (χ4n) is 2.49. The third-order valence-electron chi connectivity index (χ3n) is 3.78. The van der Waals surface area contributed by atoms with E-state index in [0.29, 0.717) is 18.9 Å². The van der Waals surface area contributed by atoms with Gasteiger partial charge in [0.15, 0.2) is 0 Å². The van der Waals surface area contributed by atoms with E-state index in [0.717, 1.165) is 16.7 Å². The Morgan fingerprint density at radius 2 is 1.80 bits per heavy atom. The summed E-state index contributed by atoms with van der Waals surface area (Å²) in [5.41, 5.74) is 2.85. The summed E-state index contributed by atoms with van der Waals surface area (Å²) in [6.07, 6.45) is 0. The molecule has 1 unspecified atom stereocenters. The predicted molar refractivity (Wildman–Crippen MR) is 97.2 cm³/mol. The molecule has 0 aromatic heterocycles. The fraction of sp³-hybridized carbons (Fsp3) is 0.300. The summed E-state index contributed by atoms with van der Waals surface area (Å²) in [6.45, 7) is 6.56. The Hall–Kier alpha value is -2.82. The predicted octanol–water partition coefficient (Wildman–Crippen LogP) is 2.89. The van der Waals surface area contributed by atoms with Crippen molar-refractivity contribution in [3.63, 3.8) is 0 Å². The number of hydrogen-bond donors (Lipinski definition) is 2. The third kappa shape index (κ3) is 5.35. The van der Waals surface area contributed by atoms with Gasteiger partial charge >= 0.3 is 11.8 Å². The van der Waals surface area contributed by atoms with Crippen LogP contribution in [0.4, 0.5) is 0 Å². The molecule has 0 radical (unpaired) electrons. The summed E-state index contributed by atoms with van der Waals surface area (Å²) < 4.78 is 5.61. The van der Waals surface area contributed by atoms with Crippen molar-refractivity contribution in [1.82, 2.24) is 10.6 Å². The van der Waals surface area contributed by atoms with Gasteiger partial charge in [-0.05, 0) is 32.4 Å². The Morgan fingerprint density at radius 1 is 1.08 bits per heavy atom. The number of carbonyl (C=O) groups excluding carboxylic acids is 2. The van der Waals surface area contributed by atoms with Gasteiger partial charge in [-0.2, -0.15) is 0 Å². The van der Waals surface area contributed by atoms with E-state index in [1.54, 1.807) is 0 Å². The molecule has 0 aliphatic heterocycles. The number of rotatable bonds is 6. The van der Waals surface area contributed by atoms with Gasteiger partial charge in [-0.25, -0.2) is 0 Å². The maximum absolute atomic E-state index is 12.1. The van der Waals surface area contributed by atoms with Crippen molar-refractivity contribution in [2.24, 2.45) is 0 Å². The summed E-state index contributed by atoms with van der Waals surface area (Å²) in [5, 5.41) is 5.35. The first kappa shape index (κ1) is 18.5. The molecule has 132 valence electrons. The molecule has 5 nitrogen and oxygen atoms in total. The second kappa shape index (κ2) is 8.87. The van der Waals surface area contributed by atoms with Gasteiger partial charge in [-0.1, -0.05) is 48.0 Å². The second-order valence-corrected chi connectivity index (χ2v) is 5.84. The van der Waals surface area contributed by atoms with Crippen LogP contribution in [0.25, 0.3) is 0 Å². The van der Waals surface area contributed by atoms with Crippen LogP contribution in [0.3, 0.4) is 0 Å². The fourth-order valence-corrected chi connectivity index (χ4v) is 2.49. The zero-order valence-electron chi connectivity index (χ0n) is 14.8. The highest BCUT2D eigenvalue weighted by molar-refractivity contribution is 6.35. The maximum atomic E-state index is 12.1. The van der Waals surface area contributed by atoms with Crippen molar-refractivity contribution in [1.29, 1.82) is 0 Å². The van der Waals surface area contributed by atoms with Crippen molar-refractivity contribution >= 4 is 11.8 Å². The third-order valence-corrected chi connectivity index (χ3v) is 3.78. The number of hydrogen-bond acceptors (Lipinski definition) is 3. The number of carbonyl (C=O) groups is 2. The average molecular weight is 340 g/mol. The normalized spacial score (nSPS) is 11.5. The summed E-state index contributed by atoms with van der Waals surface area (Å²) in [6, 6.07) is 14.9. The van der Waals surface area contributed by atoms with Crippen LogP contribution in [0, 0.1) is 6.92 Å². The van der Waals surface area contributed by atoms with Crippen LogP contribution >= 0.6 is 0 Å². The highest BCUT2D eigenvalue weighted by atomic mass is 16.5. The smallest absolute Gasteiger partial charge is 0.309 e. The van der Waals surface area contributed by atoms with E-state index < -0.39 is 11.8 Å². The zero-order chi connectivity index (χ0) is 18.2. The molecule has 0 heterocycles. The zero-order valence-corrected chi connectivity index (χ0v) is 14.8. The lowest BCUT2D eigenvalue weighted by Crippen LogP contribution is -2.40. The molecule has 0 bridgehead atoms. The van der Waals surface area contributed by atoms with Crippen molar-refractivity contribution in [2.75, 3.05) is 6.61 Å². The van der Waals surface area contributed by atoms with Gasteiger partial charge in [0, 0.05) is 12.1 Å². The summed E-state index contributed by atoms with van der Waals surface area (Å²) in [4.78, 5) is 24.1. The quantitative estimate of drug-likeness (QED) is 0.795. The van der Waals surface area contributed by atoms with E-state index >= 15 is 0 Å². The minimum absolute atomic E-state index is 0.316. The molecule has 2 N–H and O–H groups in total. The molecule has 0 saturated heterocycles. The summed E-state index contributed by atoms with van der Waals surface area (Å²) in [7, 11) is 0. The van der Waals surface area contributed by atoms with Gasteiger partial charge in [0.25, 0.3) is 0 Å². The highest BCUT2D eigenvalue weighted by Gasteiger charge is 2.19. The highest BCUT2D eigenvalue weighted by Crippen LogP contribution is 2.26. The Balaban J connectivity index is 1.97. The minimum atomic E-state index is -0.660. The van der Waals surface area contributed by atoms with Gasteiger partial charge in [0.1, 0.15) is 5.75 Å². The number of amides is 2. The lowest BCUT2D eigenvalue weighted by molar-refractivity contribution is -0.139. The SMILES string of the molecule is CCOc1ccc(C)cc1C(C)NC(=O)C(=O)NCc1ccccc1. The van der Waals surface area contributed by atoms with Gasteiger partial charge in [0.05, 0.1) is 12.6 Å². The van der Waals surface area contributed by atoms with Crippen molar-refractivity contribution < 1.29 is 14.3 Å². The summed E-state index contributed by atoms with van der Waals surface area (Å²) in [5.74, 6) is -0.598. The standard InChI is InChI=1S/C20H24N2O3/c1-4-25-18-11-10-14(2)12-17(18)15(3)22-20(24)19(23)21-13-16-8-6-5-7-9-16/h5-12,15H,4,13H2,1-3H3,(H,21,23)(H,22,24). The molecule has 0 aliphatic rings. The molecule has 1 atom stereocenters. The summed E-state index contributed by atoms with van der Waals surface area (Å²) >= 11 is 0. The number of nitrogens with one attached hydrogen (secondary N) is 2. The van der Waals surface area contributed by atoms with Crippen LogP contribution in [-0.4, -0.2) is 18.4 Å². The van der Waals surface area contributed by atoms with Crippen LogP contribution in [-0.2, 0) is 16.1 Å². The molecule has 0 saturated carbocycles. The Kier molecular flexibility index (Phi) is 6.57. The first-order chi connectivity index (χ1) is 12.0. The van der Waals surface area contributed by atoms with Crippen LogP contribution in [0.2, 0.25) is 0 Å².